The Morgan fingerprint density at radius 3 is 1.32 bits per heavy atom. The third-order valence-corrected chi connectivity index (χ3v) is 6.21. The molecule has 0 aliphatic carbocycles. The van der Waals surface area contributed by atoms with Crippen LogP contribution < -0.4 is 5.43 Å². The van der Waals surface area contributed by atoms with E-state index in [4.69, 9.17) is 0 Å². The smallest absolute Gasteiger partial charge is 0.197 e. The molecule has 0 unspecified atom stereocenters. The van der Waals surface area contributed by atoms with Crippen LogP contribution in [0.5, 0.6) is 0 Å². The van der Waals surface area contributed by atoms with Gasteiger partial charge in [0.1, 0.15) is 22.1 Å². The summed E-state index contributed by atoms with van der Waals surface area (Å²) < 4.78 is 2.02. The molecule has 8 nitrogen and oxygen atoms in total. The number of benzene rings is 4. The fraction of sp³-hybridized carbons (Fsp3) is 0.0385. The van der Waals surface area contributed by atoms with Crippen LogP contribution in [0.2, 0.25) is 0 Å². The van der Waals surface area contributed by atoms with E-state index in [1.807, 2.05) is 96.5 Å². The lowest BCUT2D eigenvalue weighted by molar-refractivity contribution is 0.765. The van der Waals surface area contributed by atoms with Crippen molar-refractivity contribution in [3.63, 3.8) is 0 Å². The zero-order valence-corrected chi connectivity index (χ0v) is 18.1. The van der Waals surface area contributed by atoms with E-state index in [1.54, 1.807) is 9.59 Å². The van der Waals surface area contributed by atoms with Gasteiger partial charge in [-0.05, 0) is 60.7 Å². The lowest BCUT2D eigenvalue weighted by atomic mass is 10.1. The molecule has 162 valence electrons. The summed E-state index contributed by atoms with van der Waals surface area (Å²) >= 11 is 0. The molecule has 0 saturated heterocycles. The predicted molar refractivity (Wildman–Crippen MR) is 132 cm³/mol. The molecular formula is C26H17N7O. The van der Waals surface area contributed by atoms with E-state index in [9.17, 15) is 4.79 Å². The normalized spacial score (nSPS) is 11.8. The number of aromatic nitrogens is 7. The lowest BCUT2D eigenvalue weighted by Crippen LogP contribution is -2.11. The topological polar surface area (TPSA) is 83.4 Å². The molecule has 0 saturated carbocycles. The van der Waals surface area contributed by atoms with Gasteiger partial charge in [-0.1, -0.05) is 24.3 Å². The highest BCUT2D eigenvalue weighted by atomic mass is 16.1. The molecule has 3 heterocycles. The van der Waals surface area contributed by atoms with E-state index in [0.29, 0.717) is 10.8 Å². The standard InChI is InChI=1S/C26H17N7O/c1-31-24-14-16(32-27-20-6-2-3-7-21(20)28-32)10-12-18(24)26(34)19-13-11-17(15-25(19)31)33-29-22-8-4-5-9-23(22)30-33/h2-15H,1H3. The zero-order valence-electron chi connectivity index (χ0n) is 18.1. The molecule has 0 N–H and O–H groups in total. The van der Waals surface area contributed by atoms with E-state index in [1.165, 1.54) is 0 Å². The van der Waals surface area contributed by atoms with Crippen molar-refractivity contribution in [2.24, 2.45) is 7.05 Å². The van der Waals surface area contributed by atoms with Crippen LogP contribution in [0, 0.1) is 0 Å². The Kier molecular flexibility index (Phi) is 3.75. The highest BCUT2D eigenvalue weighted by Crippen LogP contribution is 2.23. The van der Waals surface area contributed by atoms with Crippen LogP contribution in [-0.2, 0) is 7.05 Å². The second kappa shape index (κ2) is 6.82. The molecular weight excluding hydrogens is 426 g/mol. The van der Waals surface area contributed by atoms with Crippen LogP contribution >= 0.6 is 0 Å². The van der Waals surface area contributed by atoms with Gasteiger partial charge in [0.25, 0.3) is 0 Å². The SMILES string of the molecule is Cn1c2cc(-n3nc4ccccc4n3)ccc2c(=O)c2ccc(-n3nc4ccccc4n3)cc21. The first-order chi connectivity index (χ1) is 16.7. The molecule has 7 rings (SSSR count). The molecule has 0 radical (unpaired) electrons. The first-order valence-corrected chi connectivity index (χ1v) is 10.9. The number of hydrogen-bond donors (Lipinski definition) is 0. The largest absolute Gasteiger partial charge is 0.343 e. The first-order valence-electron chi connectivity index (χ1n) is 10.9. The van der Waals surface area contributed by atoms with Crippen molar-refractivity contribution in [3.8, 4) is 11.4 Å². The van der Waals surface area contributed by atoms with Crippen molar-refractivity contribution in [1.29, 1.82) is 0 Å². The Hall–Kier alpha value is -4.85. The van der Waals surface area contributed by atoms with E-state index in [0.717, 1.165) is 44.5 Å². The van der Waals surface area contributed by atoms with Crippen LogP contribution in [0.15, 0.2) is 89.7 Å². The fourth-order valence-corrected chi connectivity index (χ4v) is 4.45. The maximum absolute atomic E-state index is 13.3. The monoisotopic (exact) mass is 443 g/mol. The van der Waals surface area contributed by atoms with Crippen molar-refractivity contribution in [2.75, 3.05) is 0 Å². The van der Waals surface area contributed by atoms with Crippen LogP contribution in [0.25, 0.3) is 55.2 Å². The highest BCUT2D eigenvalue weighted by molar-refractivity contribution is 5.95. The lowest BCUT2D eigenvalue weighted by Gasteiger charge is -2.12. The minimum absolute atomic E-state index is 0.0154. The van der Waals surface area contributed by atoms with Gasteiger partial charge >= 0.3 is 0 Å². The summed E-state index contributed by atoms with van der Waals surface area (Å²) in [5.74, 6) is 0. The van der Waals surface area contributed by atoms with Gasteiger partial charge in [-0.25, -0.2) is 0 Å². The Bertz CT molecular complexity index is 1760. The highest BCUT2D eigenvalue weighted by Gasteiger charge is 2.13. The number of aryl methyl sites for hydroxylation is 1. The second-order valence-corrected chi connectivity index (χ2v) is 8.25. The molecule has 0 aliphatic heterocycles. The number of rotatable bonds is 2. The number of fused-ring (bicyclic) bond motifs is 4. The van der Waals surface area contributed by atoms with Crippen molar-refractivity contribution in [3.05, 3.63) is 95.2 Å². The molecule has 3 aromatic heterocycles. The van der Waals surface area contributed by atoms with Gasteiger partial charge in [0, 0.05) is 17.8 Å². The van der Waals surface area contributed by atoms with E-state index in [-0.39, 0.29) is 5.43 Å². The molecule has 0 bridgehead atoms. The summed E-state index contributed by atoms with van der Waals surface area (Å²) in [5, 5.41) is 19.6. The number of pyridine rings is 1. The van der Waals surface area contributed by atoms with Crippen LogP contribution in [0.1, 0.15) is 0 Å². The Morgan fingerprint density at radius 1 is 0.559 bits per heavy atom. The molecule has 7 aromatic rings. The van der Waals surface area contributed by atoms with E-state index >= 15 is 0 Å². The Morgan fingerprint density at radius 2 is 0.941 bits per heavy atom. The third kappa shape index (κ3) is 2.69. The van der Waals surface area contributed by atoms with Gasteiger partial charge in [0.2, 0.25) is 0 Å². The van der Waals surface area contributed by atoms with Gasteiger partial charge in [-0.2, -0.15) is 9.59 Å². The van der Waals surface area contributed by atoms with E-state index < -0.39 is 0 Å². The molecule has 0 spiro atoms. The fourth-order valence-electron chi connectivity index (χ4n) is 4.45. The maximum atomic E-state index is 13.3. The Balaban J connectivity index is 1.44. The third-order valence-electron chi connectivity index (χ3n) is 6.21. The molecule has 34 heavy (non-hydrogen) atoms. The minimum Gasteiger partial charge on any atom is -0.343 e. The quantitative estimate of drug-likeness (QED) is 0.375. The van der Waals surface area contributed by atoms with Crippen LogP contribution in [-0.4, -0.2) is 34.6 Å². The summed E-state index contributed by atoms with van der Waals surface area (Å²) in [6, 6.07) is 26.8. The molecule has 4 aromatic carbocycles. The minimum atomic E-state index is -0.0154. The molecule has 0 amide bonds. The predicted octanol–water partition coefficient (Wildman–Crippen LogP) is 4.16. The van der Waals surface area contributed by atoms with Gasteiger partial charge in [0.05, 0.1) is 22.4 Å². The summed E-state index contributed by atoms with van der Waals surface area (Å²) in [5.41, 5.74) is 6.43. The molecule has 0 aliphatic rings. The molecule has 0 atom stereocenters. The Labute approximate surface area is 192 Å². The molecule has 0 fully saturated rings. The van der Waals surface area contributed by atoms with Crippen molar-refractivity contribution >= 4 is 43.9 Å². The summed E-state index contributed by atoms with van der Waals surface area (Å²) in [7, 11) is 1.96. The van der Waals surface area contributed by atoms with Gasteiger partial charge in [0.15, 0.2) is 5.43 Å². The second-order valence-electron chi connectivity index (χ2n) is 8.25. The average molecular weight is 443 g/mol. The van der Waals surface area contributed by atoms with Crippen molar-refractivity contribution < 1.29 is 0 Å². The summed E-state index contributed by atoms with van der Waals surface area (Å²) in [4.78, 5) is 16.5. The van der Waals surface area contributed by atoms with Gasteiger partial charge in [-0.3, -0.25) is 4.79 Å². The zero-order chi connectivity index (χ0) is 22.8. The molecule has 8 heteroatoms. The van der Waals surface area contributed by atoms with Gasteiger partial charge < -0.3 is 4.57 Å². The van der Waals surface area contributed by atoms with Crippen molar-refractivity contribution in [1.82, 2.24) is 34.6 Å². The number of hydrogen-bond acceptors (Lipinski definition) is 5. The van der Waals surface area contributed by atoms with Crippen LogP contribution in [0.3, 0.4) is 0 Å². The maximum Gasteiger partial charge on any atom is 0.197 e. The average Bonchev–Trinajstić information content (AvgIpc) is 3.51. The van der Waals surface area contributed by atoms with E-state index in [2.05, 4.69) is 20.4 Å². The summed E-state index contributed by atoms with van der Waals surface area (Å²) in [6.07, 6.45) is 0. The van der Waals surface area contributed by atoms with Crippen molar-refractivity contribution in [2.45, 2.75) is 0 Å². The summed E-state index contributed by atoms with van der Waals surface area (Å²) in [6.45, 7) is 0. The van der Waals surface area contributed by atoms with Gasteiger partial charge in [-0.15, -0.1) is 20.4 Å². The first kappa shape index (κ1) is 18.7. The number of nitrogens with zero attached hydrogens (tertiary/aromatic N) is 7. The van der Waals surface area contributed by atoms with Crippen LogP contribution in [0.4, 0.5) is 0 Å².